The molecular weight excluding hydrogens is 379 g/mol. The van der Waals surface area contributed by atoms with Crippen molar-refractivity contribution in [2.75, 3.05) is 29.2 Å². The van der Waals surface area contributed by atoms with E-state index < -0.39 is 0 Å². The van der Waals surface area contributed by atoms with E-state index in [1.807, 2.05) is 6.92 Å². The molecule has 8 heteroatoms. The highest BCUT2D eigenvalue weighted by Gasteiger charge is 2.11. The van der Waals surface area contributed by atoms with Crippen LogP contribution in [0.5, 0.6) is 5.75 Å². The lowest BCUT2D eigenvalue weighted by molar-refractivity contribution is -0.114. The van der Waals surface area contributed by atoms with Crippen LogP contribution >= 0.6 is 23.4 Å². The number of hydrogen-bond acceptors (Lipinski definition) is 4. The average molecular weight is 397 g/mol. The van der Waals surface area contributed by atoms with Gasteiger partial charge in [0.2, 0.25) is 11.8 Å². The first kappa shape index (κ1) is 20.1. The first-order valence-corrected chi connectivity index (χ1v) is 9.19. The number of thioether (sulfide) groups is 1. The van der Waals surface area contributed by atoms with Crippen LogP contribution in [0.1, 0.15) is 5.56 Å². The first-order chi connectivity index (χ1) is 12.4. The minimum absolute atomic E-state index is 0.0988. The second-order valence-electron chi connectivity index (χ2n) is 5.40. The SMILES string of the molecule is COc1cc(Cl)c(C)cc1NC(=O)CSCC(=O)Nc1ccc(F)cc1. The average Bonchev–Trinajstić information content (AvgIpc) is 2.60. The molecule has 0 aliphatic carbocycles. The van der Waals surface area contributed by atoms with E-state index in [9.17, 15) is 14.0 Å². The van der Waals surface area contributed by atoms with E-state index in [1.54, 1.807) is 12.1 Å². The van der Waals surface area contributed by atoms with Gasteiger partial charge in [-0.1, -0.05) is 11.6 Å². The van der Waals surface area contributed by atoms with Gasteiger partial charge >= 0.3 is 0 Å². The van der Waals surface area contributed by atoms with Crippen molar-refractivity contribution < 1.29 is 18.7 Å². The zero-order chi connectivity index (χ0) is 19.1. The van der Waals surface area contributed by atoms with Gasteiger partial charge in [-0.25, -0.2) is 4.39 Å². The summed E-state index contributed by atoms with van der Waals surface area (Å²) >= 11 is 7.20. The minimum atomic E-state index is -0.373. The summed E-state index contributed by atoms with van der Waals surface area (Å²) in [5.41, 5.74) is 1.84. The van der Waals surface area contributed by atoms with Crippen molar-refractivity contribution in [2.45, 2.75) is 6.92 Å². The van der Waals surface area contributed by atoms with Gasteiger partial charge in [-0.15, -0.1) is 11.8 Å². The predicted octanol–water partition coefficient (Wildman–Crippen LogP) is 4.11. The lowest BCUT2D eigenvalue weighted by Gasteiger charge is -2.12. The van der Waals surface area contributed by atoms with Gasteiger partial charge < -0.3 is 15.4 Å². The Balaban J connectivity index is 1.81. The molecule has 2 amide bonds. The molecule has 2 aromatic rings. The molecule has 0 saturated carbocycles. The fourth-order valence-electron chi connectivity index (χ4n) is 2.08. The lowest BCUT2D eigenvalue weighted by atomic mass is 10.2. The summed E-state index contributed by atoms with van der Waals surface area (Å²) in [6.07, 6.45) is 0. The molecule has 0 spiro atoms. The number of halogens is 2. The van der Waals surface area contributed by atoms with Gasteiger partial charge in [0.1, 0.15) is 11.6 Å². The van der Waals surface area contributed by atoms with Crippen LogP contribution in [0, 0.1) is 12.7 Å². The number of nitrogens with one attached hydrogen (secondary N) is 2. The topological polar surface area (TPSA) is 67.4 Å². The Bertz CT molecular complexity index is 800. The first-order valence-electron chi connectivity index (χ1n) is 7.66. The number of methoxy groups -OCH3 is 1. The molecule has 0 saturated heterocycles. The van der Waals surface area contributed by atoms with Crippen LogP contribution in [0.15, 0.2) is 36.4 Å². The zero-order valence-electron chi connectivity index (χ0n) is 14.3. The molecule has 2 aromatic carbocycles. The minimum Gasteiger partial charge on any atom is -0.495 e. The molecule has 2 rings (SSSR count). The maximum absolute atomic E-state index is 12.8. The Morgan fingerprint density at radius 3 is 2.35 bits per heavy atom. The highest BCUT2D eigenvalue weighted by Crippen LogP contribution is 2.31. The number of aryl methyl sites for hydroxylation is 1. The smallest absolute Gasteiger partial charge is 0.234 e. The highest BCUT2D eigenvalue weighted by atomic mass is 35.5. The summed E-state index contributed by atoms with van der Waals surface area (Å²) in [7, 11) is 1.49. The number of carbonyl (C=O) groups excluding carboxylic acids is 2. The van der Waals surface area contributed by atoms with Crippen LogP contribution in [-0.4, -0.2) is 30.4 Å². The molecule has 0 radical (unpaired) electrons. The summed E-state index contributed by atoms with van der Waals surface area (Å²) in [5, 5.41) is 5.92. The standard InChI is InChI=1S/C18H18ClFN2O3S/c1-11-7-15(16(25-2)8-14(11)19)22-18(24)10-26-9-17(23)21-13-5-3-12(20)4-6-13/h3-8H,9-10H2,1-2H3,(H,21,23)(H,22,24). The molecule has 138 valence electrons. The molecule has 26 heavy (non-hydrogen) atoms. The zero-order valence-corrected chi connectivity index (χ0v) is 15.8. The van der Waals surface area contributed by atoms with Crippen molar-refractivity contribution in [1.29, 1.82) is 0 Å². The van der Waals surface area contributed by atoms with Crippen LogP contribution in [0.3, 0.4) is 0 Å². The van der Waals surface area contributed by atoms with Crippen molar-refractivity contribution in [3.05, 3.63) is 52.8 Å². The third-order valence-electron chi connectivity index (χ3n) is 3.35. The van der Waals surface area contributed by atoms with E-state index in [0.29, 0.717) is 22.1 Å². The van der Waals surface area contributed by atoms with E-state index in [4.69, 9.17) is 16.3 Å². The molecule has 0 aromatic heterocycles. The van der Waals surface area contributed by atoms with Gasteiger partial charge in [0.15, 0.2) is 0 Å². The number of carbonyl (C=O) groups is 2. The number of rotatable bonds is 7. The summed E-state index contributed by atoms with van der Waals surface area (Å²) in [5.74, 6) is -0.239. The molecule has 0 unspecified atom stereocenters. The summed E-state index contributed by atoms with van der Waals surface area (Å²) in [6, 6.07) is 8.83. The largest absolute Gasteiger partial charge is 0.495 e. The Hall–Kier alpha value is -2.25. The third-order valence-corrected chi connectivity index (χ3v) is 4.69. The summed E-state index contributed by atoms with van der Waals surface area (Å²) < 4.78 is 18.0. The molecule has 0 aliphatic heterocycles. The van der Waals surface area contributed by atoms with Crippen molar-refractivity contribution in [2.24, 2.45) is 0 Å². The van der Waals surface area contributed by atoms with Gasteiger partial charge in [0.25, 0.3) is 0 Å². The second kappa shape index (κ2) is 9.45. The molecule has 0 heterocycles. The van der Waals surface area contributed by atoms with Crippen molar-refractivity contribution in [3.63, 3.8) is 0 Å². The quantitative estimate of drug-likeness (QED) is 0.739. The molecule has 0 fully saturated rings. The predicted molar refractivity (Wildman–Crippen MR) is 104 cm³/mol. The van der Waals surface area contributed by atoms with E-state index in [0.717, 1.165) is 5.56 Å². The Morgan fingerprint density at radius 2 is 1.73 bits per heavy atom. The Kier molecular flexibility index (Phi) is 7.29. The fraction of sp³-hybridized carbons (Fsp3) is 0.222. The van der Waals surface area contributed by atoms with Crippen LogP contribution in [-0.2, 0) is 9.59 Å². The van der Waals surface area contributed by atoms with Crippen molar-refractivity contribution >= 4 is 46.6 Å². The lowest BCUT2D eigenvalue weighted by Crippen LogP contribution is -2.18. The molecule has 0 atom stereocenters. The fourth-order valence-corrected chi connectivity index (χ4v) is 2.85. The van der Waals surface area contributed by atoms with Gasteiger partial charge in [0, 0.05) is 16.8 Å². The van der Waals surface area contributed by atoms with E-state index >= 15 is 0 Å². The highest BCUT2D eigenvalue weighted by molar-refractivity contribution is 8.00. The Morgan fingerprint density at radius 1 is 1.12 bits per heavy atom. The molecule has 2 N–H and O–H groups in total. The van der Waals surface area contributed by atoms with Crippen molar-refractivity contribution in [1.82, 2.24) is 0 Å². The number of benzene rings is 2. The monoisotopic (exact) mass is 396 g/mol. The van der Waals surface area contributed by atoms with Crippen LogP contribution in [0.2, 0.25) is 5.02 Å². The van der Waals surface area contributed by atoms with Crippen LogP contribution < -0.4 is 15.4 Å². The number of hydrogen-bond donors (Lipinski definition) is 2. The van der Waals surface area contributed by atoms with Crippen molar-refractivity contribution in [3.8, 4) is 5.75 Å². The number of amides is 2. The maximum Gasteiger partial charge on any atom is 0.234 e. The normalized spacial score (nSPS) is 10.3. The molecule has 5 nitrogen and oxygen atoms in total. The van der Waals surface area contributed by atoms with Crippen LogP contribution in [0.4, 0.5) is 15.8 Å². The van der Waals surface area contributed by atoms with E-state index in [-0.39, 0.29) is 29.1 Å². The molecule has 0 aliphatic rings. The summed E-state index contributed by atoms with van der Waals surface area (Å²) in [6.45, 7) is 1.83. The third kappa shape index (κ3) is 5.93. The molecular formula is C18H18ClFN2O3S. The van der Waals surface area contributed by atoms with E-state index in [2.05, 4.69) is 10.6 Å². The van der Waals surface area contributed by atoms with Crippen LogP contribution in [0.25, 0.3) is 0 Å². The Labute approximate surface area is 160 Å². The maximum atomic E-state index is 12.8. The van der Waals surface area contributed by atoms with Gasteiger partial charge in [-0.2, -0.15) is 0 Å². The molecule has 0 bridgehead atoms. The van der Waals surface area contributed by atoms with Gasteiger partial charge in [-0.3, -0.25) is 9.59 Å². The number of ether oxygens (including phenoxy) is 1. The summed E-state index contributed by atoms with van der Waals surface area (Å²) in [4.78, 5) is 23.9. The van der Waals surface area contributed by atoms with E-state index in [1.165, 1.54) is 43.1 Å². The van der Waals surface area contributed by atoms with Gasteiger partial charge in [-0.05, 0) is 42.8 Å². The number of anilines is 2. The van der Waals surface area contributed by atoms with Gasteiger partial charge in [0.05, 0.1) is 24.3 Å². The second-order valence-corrected chi connectivity index (χ2v) is 6.79.